The number of hydrogen-bond acceptors (Lipinski definition) is 4. The Bertz CT molecular complexity index is 176. The van der Waals surface area contributed by atoms with Gasteiger partial charge in [-0.1, -0.05) is 57.8 Å². The minimum absolute atomic E-state index is 0.556. The lowest BCUT2D eigenvalue weighted by molar-refractivity contribution is -0.490. The topological polar surface area (TPSA) is 58.9 Å². The van der Waals surface area contributed by atoms with Crippen molar-refractivity contribution in [1.82, 2.24) is 0 Å². The van der Waals surface area contributed by atoms with E-state index in [0.717, 1.165) is 25.7 Å². The Labute approximate surface area is 110 Å². The average molecular weight is 260 g/mol. The number of hydrogen-bond donors (Lipinski definition) is 2. The molecule has 0 amide bonds. The fraction of sp³-hybridized carbons (Fsp3) is 1.00. The molecule has 1 aliphatic carbocycles. The smallest absolute Gasteiger partial charge is 0.233 e. The highest BCUT2D eigenvalue weighted by Gasteiger charge is 2.32. The van der Waals surface area contributed by atoms with Crippen molar-refractivity contribution in [3.63, 3.8) is 0 Å². The third-order valence-corrected chi connectivity index (χ3v) is 3.95. The van der Waals surface area contributed by atoms with E-state index in [1.54, 1.807) is 0 Å². The van der Waals surface area contributed by atoms with Crippen LogP contribution in [0.5, 0.6) is 0 Å². The van der Waals surface area contributed by atoms with Crippen molar-refractivity contribution in [2.24, 2.45) is 0 Å². The number of rotatable bonds is 2. The molecular formula is C14H28O4. The van der Waals surface area contributed by atoms with Crippen LogP contribution in [0.4, 0.5) is 0 Å². The molecule has 2 N–H and O–H groups in total. The van der Waals surface area contributed by atoms with Gasteiger partial charge in [0, 0.05) is 12.8 Å². The molecular weight excluding hydrogens is 232 g/mol. The Morgan fingerprint density at radius 1 is 0.500 bits per heavy atom. The summed E-state index contributed by atoms with van der Waals surface area (Å²) in [4.78, 5) is 8.83. The second-order valence-electron chi connectivity index (χ2n) is 5.48. The van der Waals surface area contributed by atoms with Crippen LogP contribution in [0.2, 0.25) is 0 Å². The maximum absolute atomic E-state index is 8.96. The van der Waals surface area contributed by atoms with E-state index in [1.165, 1.54) is 44.9 Å². The fourth-order valence-electron chi connectivity index (χ4n) is 2.70. The van der Waals surface area contributed by atoms with Crippen molar-refractivity contribution in [3.05, 3.63) is 0 Å². The van der Waals surface area contributed by atoms with E-state index in [4.69, 9.17) is 10.5 Å². The zero-order valence-corrected chi connectivity index (χ0v) is 11.4. The predicted octanol–water partition coefficient (Wildman–Crippen LogP) is 4.75. The zero-order chi connectivity index (χ0) is 13.1. The molecule has 1 rings (SSSR count). The van der Waals surface area contributed by atoms with Crippen molar-refractivity contribution in [1.29, 1.82) is 0 Å². The van der Waals surface area contributed by atoms with Gasteiger partial charge >= 0.3 is 0 Å². The summed E-state index contributed by atoms with van der Waals surface area (Å²) < 4.78 is 0. The Hall–Kier alpha value is -0.160. The minimum Gasteiger partial charge on any atom is -0.249 e. The van der Waals surface area contributed by atoms with E-state index < -0.39 is 5.79 Å². The maximum Gasteiger partial charge on any atom is 0.233 e. The van der Waals surface area contributed by atoms with Gasteiger partial charge in [0.2, 0.25) is 5.79 Å². The summed E-state index contributed by atoms with van der Waals surface area (Å²) in [7, 11) is 0. The van der Waals surface area contributed by atoms with Crippen LogP contribution in [0.1, 0.15) is 83.5 Å². The molecule has 0 aliphatic heterocycles. The molecule has 0 heterocycles. The summed E-state index contributed by atoms with van der Waals surface area (Å²) in [6.45, 7) is 0. The predicted molar refractivity (Wildman–Crippen MR) is 70.2 cm³/mol. The van der Waals surface area contributed by atoms with Gasteiger partial charge in [-0.05, 0) is 12.8 Å². The molecule has 0 bridgehead atoms. The van der Waals surface area contributed by atoms with Gasteiger partial charge in [0.25, 0.3) is 0 Å². The first-order valence-electron chi connectivity index (χ1n) is 7.48. The highest BCUT2D eigenvalue weighted by atomic mass is 17.2. The van der Waals surface area contributed by atoms with Crippen LogP contribution in [0, 0.1) is 0 Å². The summed E-state index contributed by atoms with van der Waals surface area (Å²) in [6, 6.07) is 0. The quantitative estimate of drug-likeness (QED) is 0.427. The minimum atomic E-state index is -1.19. The van der Waals surface area contributed by atoms with Crippen LogP contribution < -0.4 is 0 Å². The highest BCUT2D eigenvalue weighted by Crippen LogP contribution is 2.27. The molecule has 4 nitrogen and oxygen atoms in total. The summed E-state index contributed by atoms with van der Waals surface area (Å²) in [5.41, 5.74) is 0. The van der Waals surface area contributed by atoms with Crippen LogP contribution in [0.15, 0.2) is 0 Å². The van der Waals surface area contributed by atoms with Gasteiger partial charge in [-0.2, -0.15) is 0 Å². The van der Waals surface area contributed by atoms with Crippen molar-refractivity contribution < 1.29 is 20.3 Å². The van der Waals surface area contributed by atoms with E-state index in [2.05, 4.69) is 9.78 Å². The molecule has 0 aromatic rings. The lowest BCUT2D eigenvalue weighted by atomic mass is 9.97. The molecule has 0 saturated heterocycles. The van der Waals surface area contributed by atoms with Crippen LogP contribution in [0.25, 0.3) is 0 Å². The Morgan fingerprint density at radius 2 is 0.778 bits per heavy atom. The van der Waals surface area contributed by atoms with Crippen LogP contribution in [-0.2, 0) is 9.78 Å². The molecule has 1 saturated carbocycles. The maximum atomic E-state index is 8.96. The molecule has 0 spiro atoms. The molecule has 108 valence electrons. The first-order valence-corrected chi connectivity index (χ1v) is 7.48. The normalized spacial score (nSPS) is 24.3. The Balaban J connectivity index is 2.38. The van der Waals surface area contributed by atoms with E-state index in [9.17, 15) is 0 Å². The third-order valence-electron chi connectivity index (χ3n) is 3.95. The summed E-state index contributed by atoms with van der Waals surface area (Å²) in [5, 5.41) is 17.9. The van der Waals surface area contributed by atoms with Crippen LogP contribution in [-0.4, -0.2) is 16.3 Å². The molecule has 0 aromatic heterocycles. The van der Waals surface area contributed by atoms with Gasteiger partial charge in [0.05, 0.1) is 0 Å². The second kappa shape index (κ2) is 9.73. The second-order valence-corrected chi connectivity index (χ2v) is 5.48. The Kier molecular flexibility index (Phi) is 8.59. The largest absolute Gasteiger partial charge is 0.249 e. The molecule has 4 heteroatoms. The summed E-state index contributed by atoms with van der Waals surface area (Å²) >= 11 is 0. The van der Waals surface area contributed by atoms with Crippen molar-refractivity contribution >= 4 is 0 Å². The first kappa shape index (κ1) is 15.9. The SMILES string of the molecule is OOC1(OO)CCCCCCCCCCCCC1. The highest BCUT2D eigenvalue weighted by molar-refractivity contribution is 4.68. The molecule has 18 heavy (non-hydrogen) atoms. The van der Waals surface area contributed by atoms with Crippen molar-refractivity contribution in [2.75, 3.05) is 0 Å². The zero-order valence-electron chi connectivity index (χ0n) is 11.4. The summed E-state index contributed by atoms with van der Waals surface area (Å²) in [5.74, 6) is -1.19. The van der Waals surface area contributed by atoms with E-state index in [1.807, 2.05) is 0 Å². The molecule has 0 atom stereocenters. The van der Waals surface area contributed by atoms with Gasteiger partial charge in [0.15, 0.2) is 0 Å². The monoisotopic (exact) mass is 260 g/mol. The molecule has 0 aromatic carbocycles. The lowest BCUT2D eigenvalue weighted by Crippen LogP contribution is -2.34. The summed E-state index contributed by atoms with van der Waals surface area (Å²) in [6.07, 6.45) is 14.2. The van der Waals surface area contributed by atoms with E-state index in [0.29, 0.717) is 12.8 Å². The van der Waals surface area contributed by atoms with Gasteiger partial charge < -0.3 is 0 Å². The van der Waals surface area contributed by atoms with Crippen molar-refractivity contribution in [3.8, 4) is 0 Å². The standard InChI is InChI=1S/C14H28O4/c15-17-14(18-16)12-10-8-6-4-2-1-3-5-7-9-11-13-14/h15-16H,1-13H2. The van der Waals surface area contributed by atoms with Gasteiger partial charge in [-0.15, -0.1) is 0 Å². The fourth-order valence-corrected chi connectivity index (χ4v) is 2.70. The van der Waals surface area contributed by atoms with E-state index in [-0.39, 0.29) is 0 Å². The van der Waals surface area contributed by atoms with Gasteiger partial charge in [-0.3, -0.25) is 0 Å². The average Bonchev–Trinajstić information content (AvgIpc) is 2.41. The first-order chi connectivity index (χ1) is 8.83. The van der Waals surface area contributed by atoms with Gasteiger partial charge in [0.1, 0.15) is 0 Å². The molecule has 1 aliphatic rings. The molecule has 1 fully saturated rings. The van der Waals surface area contributed by atoms with Gasteiger partial charge in [-0.25, -0.2) is 20.3 Å². The Morgan fingerprint density at radius 3 is 1.06 bits per heavy atom. The van der Waals surface area contributed by atoms with Crippen LogP contribution in [0.3, 0.4) is 0 Å². The third kappa shape index (κ3) is 6.14. The molecule has 0 unspecified atom stereocenters. The van der Waals surface area contributed by atoms with E-state index >= 15 is 0 Å². The lowest BCUT2D eigenvalue weighted by Gasteiger charge is -2.26. The van der Waals surface area contributed by atoms with Crippen molar-refractivity contribution in [2.45, 2.75) is 89.3 Å². The molecule has 0 radical (unpaired) electrons. The van der Waals surface area contributed by atoms with Crippen LogP contribution >= 0.6 is 0 Å².